The Bertz CT molecular complexity index is 1870. The summed E-state index contributed by atoms with van der Waals surface area (Å²) in [6.07, 6.45) is 51.9. The molecule has 0 saturated carbocycles. The predicted octanol–water partition coefficient (Wildman–Crippen LogP) is 20.3. The number of carbonyl (C=O) groups excluding carboxylic acids is 4. The molecule has 7 atom stereocenters. The molecule has 0 aliphatic carbocycles. The van der Waals surface area contributed by atoms with Crippen LogP contribution in [-0.2, 0) is 65.4 Å². The Balaban J connectivity index is 5.30. The van der Waals surface area contributed by atoms with Crippen molar-refractivity contribution in [2.75, 3.05) is 39.6 Å². The van der Waals surface area contributed by atoms with E-state index in [1.165, 1.54) is 148 Å². The first kappa shape index (κ1) is 88.5. The molecule has 0 spiro atoms. The number of aliphatic hydroxyl groups excluding tert-OH is 1. The lowest BCUT2D eigenvalue weighted by atomic mass is 9.99. The third-order valence-electron chi connectivity index (χ3n) is 16.8. The van der Waals surface area contributed by atoms with Gasteiger partial charge < -0.3 is 33.8 Å². The van der Waals surface area contributed by atoms with E-state index in [1.807, 2.05) is 0 Å². The number of phosphoric ester groups is 2. The SMILES string of the molecule is CCCCCC/C=C\C=C/CCCCCCCC(=O)O[C@H](COC(=O)CCCCCCCCCCCCC(C)CC)COP(=O)(O)OC[C@@H](O)COP(=O)(O)OC[C@@H](COC(=O)CCCCCCCCCCCC)OC(=O)CCCCCCCCCCC(C)CC. The van der Waals surface area contributed by atoms with Gasteiger partial charge >= 0.3 is 39.5 Å². The van der Waals surface area contributed by atoms with Crippen LogP contribution in [0.2, 0.25) is 0 Å². The zero-order valence-electron chi connectivity index (χ0n) is 58.6. The Morgan fingerprint density at radius 1 is 0.352 bits per heavy atom. The first-order valence-electron chi connectivity index (χ1n) is 36.9. The number of rotatable bonds is 69. The molecule has 0 aromatic carbocycles. The summed E-state index contributed by atoms with van der Waals surface area (Å²) < 4.78 is 68.3. The molecule has 17 nitrogen and oxygen atoms in total. The molecule has 0 heterocycles. The van der Waals surface area contributed by atoms with Gasteiger partial charge in [0, 0.05) is 25.7 Å². The Kier molecular flexibility index (Phi) is 61.9. The zero-order valence-corrected chi connectivity index (χ0v) is 60.4. The number of aliphatic hydroxyl groups is 1. The van der Waals surface area contributed by atoms with Crippen LogP contribution in [0, 0.1) is 11.8 Å². The maximum Gasteiger partial charge on any atom is 0.472 e. The number of allylic oxidation sites excluding steroid dienone is 4. The van der Waals surface area contributed by atoms with Crippen molar-refractivity contribution in [3.05, 3.63) is 24.3 Å². The van der Waals surface area contributed by atoms with E-state index in [4.69, 9.17) is 37.0 Å². The van der Waals surface area contributed by atoms with Crippen LogP contribution in [-0.4, -0.2) is 96.7 Å². The van der Waals surface area contributed by atoms with Crippen molar-refractivity contribution in [2.45, 2.75) is 362 Å². The lowest BCUT2D eigenvalue weighted by molar-refractivity contribution is -0.161. The van der Waals surface area contributed by atoms with Gasteiger partial charge in [0.2, 0.25) is 0 Å². The van der Waals surface area contributed by atoms with Crippen LogP contribution < -0.4 is 0 Å². The maximum atomic E-state index is 13.0. The highest BCUT2D eigenvalue weighted by Gasteiger charge is 2.30. The largest absolute Gasteiger partial charge is 0.472 e. The third kappa shape index (κ3) is 63.4. The van der Waals surface area contributed by atoms with E-state index in [0.29, 0.717) is 25.7 Å². The van der Waals surface area contributed by atoms with Crippen LogP contribution in [0.15, 0.2) is 24.3 Å². The second kappa shape index (κ2) is 63.6. The van der Waals surface area contributed by atoms with Crippen molar-refractivity contribution in [1.82, 2.24) is 0 Å². The second-order valence-corrected chi connectivity index (χ2v) is 28.7. The summed E-state index contributed by atoms with van der Waals surface area (Å²) in [7, 11) is -9.92. The molecule has 0 aliphatic heterocycles. The first-order valence-corrected chi connectivity index (χ1v) is 39.9. The normalized spacial score (nSPS) is 14.9. The predicted molar refractivity (Wildman–Crippen MR) is 367 cm³/mol. The number of unbranched alkanes of at least 4 members (excludes halogenated alkanes) is 34. The molecule has 0 fully saturated rings. The molecule has 0 bridgehead atoms. The minimum atomic E-state index is -4.96. The molecule has 0 aliphatic rings. The lowest BCUT2D eigenvalue weighted by Gasteiger charge is -2.21. The van der Waals surface area contributed by atoms with Crippen molar-refractivity contribution in [1.29, 1.82) is 0 Å². The van der Waals surface area contributed by atoms with Gasteiger partial charge in [-0.1, -0.05) is 291 Å². The van der Waals surface area contributed by atoms with Crippen molar-refractivity contribution >= 4 is 39.5 Å². The summed E-state index contributed by atoms with van der Waals surface area (Å²) in [6, 6.07) is 0. The fourth-order valence-corrected chi connectivity index (χ4v) is 11.9. The topological polar surface area (TPSA) is 237 Å². The van der Waals surface area contributed by atoms with Gasteiger partial charge in [-0.2, -0.15) is 0 Å². The standard InChI is InChI=1S/C72H136O17P2/c1-7-11-13-15-17-19-21-22-23-24-25-31-38-44-50-56-71(76)88-67(60-83-70(75)55-49-43-37-30-27-26-28-34-40-46-52-64(5)9-3)62-86-90(78,79)84-58-66(73)59-85-91(80,81)87-63-68(61-82-69(74)54-48-42-36-29-20-18-16-14-12-8-2)89-72(77)57-51-45-39-33-32-35-41-47-53-65(6)10-4/h19,21-23,64-68,73H,7-18,20,24-63H2,1-6H3,(H,78,79)(H,80,81)/b21-19-,23-22-/t64?,65?,66-,67-,68-/m1/s1. The highest BCUT2D eigenvalue weighted by Crippen LogP contribution is 2.45. The molecule has 19 heteroatoms. The van der Waals surface area contributed by atoms with Crippen LogP contribution in [0.1, 0.15) is 343 Å². The van der Waals surface area contributed by atoms with Gasteiger partial charge in [0.25, 0.3) is 0 Å². The second-order valence-electron chi connectivity index (χ2n) is 25.8. The first-order chi connectivity index (χ1) is 43.9. The van der Waals surface area contributed by atoms with Crippen LogP contribution in [0.5, 0.6) is 0 Å². The van der Waals surface area contributed by atoms with E-state index in [-0.39, 0.29) is 25.7 Å². The van der Waals surface area contributed by atoms with E-state index in [9.17, 15) is 43.2 Å². The monoisotopic (exact) mass is 1330 g/mol. The molecule has 4 unspecified atom stereocenters. The molecule has 0 amide bonds. The Hall–Kier alpha value is -2.46. The van der Waals surface area contributed by atoms with Crippen LogP contribution in [0.25, 0.3) is 0 Å². The molecule has 0 radical (unpaired) electrons. The van der Waals surface area contributed by atoms with Crippen molar-refractivity contribution in [2.24, 2.45) is 11.8 Å². The summed E-state index contributed by atoms with van der Waals surface area (Å²) >= 11 is 0. The summed E-state index contributed by atoms with van der Waals surface area (Å²) in [4.78, 5) is 72.6. The van der Waals surface area contributed by atoms with Crippen molar-refractivity contribution < 1.29 is 80.2 Å². The van der Waals surface area contributed by atoms with Crippen LogP contribution in [0.4, 0.5) is 0 Å². The maximum absolute atomic E-state index is 13.0. The number of hydrogen-bond donors (Lipinski definition) is 3. The molecular formula is C72H136O17P2. The molecule has 0 saturated heterocycles. The summed E-state index contributed by atoms with van der Waals surface area (Å²) in [5, 5.41) is 10.6. The summed E-state index contributed by atoms with van der Waals surface area (Å²) in [5.41, 5.74) is 0. The van der Waals surface area contributed by atoms with Crippen LogP contribution >= 0.6 is 15.6 Å². The van der Waals surface area contributed by atoms with Gasteiger partial charge in [-0.3, -0.25) is 37.3 Å². The average Bonchev–Trinajstić information content (AvgIpc) is 3.64. The van der Waals surface area contributed by atoms with E-state index in [1.54, 1.807) is 0 Å². The molecule has 0 rings (SSSR count). The Morgan fingerprint density at radius 2 is 0.615 bits per heavy atom. The Labute approximate surface area is 554 Å². The number of esters is 4. The quantitative estimate of drug-likeness (QED) is 0.0169. The van der Waals surface area contributed by atoms with E-state index in [0.717, 1.165) is 115 Å². The molecule has 0 aromatic heterocycles. The molecule has 536 valence electrons. The van der Waals surface area contributed by atoms with Gasteiger partial charge in [-0.25, -0.2) is 9.13 Å². The van der Waals surface area contributed by atoms with Crippen molar-refractivity contribution in [3.8, 4) is 0 Å². The van der Waals surface area contributed by atoms with Gasteiger partial charge in [0.15, 0.2) is 12.2 Å². The van der Waals surface area contributed by atoms with Gasteiger partial charge in [0.1, 0.15) is 19.3 Å². The zero-order chi connectivity index (χ0) is 67.2. The van der Waals surface area contributed by atoms with E-state index < -0.39 is 97.5 Å². The fraction of sp³-hybridized carbons (Fsp3) is 0.889. The number of ether oxygens (including phenoxy) is 4. The fourth-order valence-electron chi connectivity index (χ4n) is 10.3. The van der Waals surface area contributed by atoms with Gasteiger partial charge in [-0.05, 0) is 63.2 Å². The lowest BCUT2D eigenvalue weighted by Crippen LogP contribution is -2.30. The van der Waals surface area contributed by atoms with Crippen molar-refractivity contribution in [3.63, 3.8) is 0 Å². The minimum Gasteiger partial charge on any atom is -0.462 e. The Morgan fingerprint density at radius 3 is 0.934 bits per heavy atom. The van der Waals surface area contributed by atoms with E-state index in [2.05, 4.69) is 65.8 Å². The smallest absolute Gasteiger partial charge is 0.462 e. The number of hydrogen-bond acceptors (Lipinski definition) is 15. The molecule has 91 heavy (non-hydrogen) atoms. The average molecular weight is 1340 g/mol. The van der Waals surface area contributed by atoms with E-state index >= 15 is 0 Å². The van der Waals surface area contributed by atoms with Crippen LogP contribution in [0.3, 0.4) is 0 Å². The highest BCUT2D eigenvalue weighted by molar-refractivity contribution is 7.47. The molecule has 3 N–H and O–H groups in total. The minimum absolute atomic E-state index is 0.0847. The molecular weight excluding hydrogens is 1200 g/mol. The van der Waals surface area contributed by atoms with Gasteiger partial charge in [0.05, 0.1) is 26.4 Å². The van der Waals surface area contributed by atoms with Gasteiger partial charge in [-0.15, -0.1) is 0 Å². The number of carbonyl (C=O) groups is 4. The summed E-state index contributed by atoms with van der Waals surface area (Å²) in [6.45, 7) is 9.51. The summed E-state index contributed by atoms with van der Waals surface area (Å²) in [5.74, 6) is -0.578. The molecule has 0 aromatic rings. The number of phosphoric acid groups is 2. The third-order valence-corrected chi connectivity index (χ3v) is 18.7. The highest BCUT2D eigenvalue weighted by atomic mass is 31.2.